The van der Waals surface area contributed by atoms with E-state index in [1.807, 2.05) is 7.05 Å². The summed E-state index contributed by atoms with van der Waals surface area (Å²) in [6.07, 6.45) is 1.12. The molecule has 0 aromatic heterocycles. The average molecular weight is 145 g/mol. The van der Waals surface area contributed by atoms with E-state index in [1.165, 1.54) is 0 Å². The van der Waals surface area contributed by atoms with Gasteiger partial charge >= 0.3 is 0 Å². The molecule has 62 valence electrons. The summed E-state index contributed by atoms with van der Waals surface area (Å²) in [5, 5.41) is 3.16. The lowest BCUT2D eigenvalue weighted by Crippen LogP contribution is -2.27. The van der Waals surface area contributed by atoms with Crippen LogP contribution in [0.2, 0.25) is 0 Å². The smallest absolute Gasteiger partial charge is 0.0467 e. The zero-order valence-electron chi connectivity index (χ0n) is 7.53. The molecule has 0 aromatic rings. The molecule has 2 heteroatoms. The summed E-state index contributed by atoms with van der Waals surface area (Å²) in [6.45, 7) is 6.38. The summed E-state index contributed by atoms with van der Waals surface area (Å²) in [5.74, 6) is 0. The van der Waals surface area contributed by atoms with E-state index in [2.05, 4.69) is 19.2 Å². The minimum Gasteiger partial charge on any atom is -0.385 e. The standard InChI is InChI=1S/C8H19NO/c1-8(2,7-9-3)5-6-10-4/h9H,5-7H2,1-4H3. The minimum atomic E-state index is 0.366. The first-order valence-electron chi connectivity index (χ1n) is 3.76. The monoisotopic (exact) mass is 145 g/mol. The van der Waals surface area contributed by atoms with Gasteiger partial charge in [0.2, 0.25) is 0 Å². The molecule has 0 unspecified atom stereocenters. The van der Waals surface area contributed by atoms with Crippen molar-refractivity contribution in [3.63, 3.8) is 0 Å². The zero-order valence-corrected chi connectivity index (χ0v) is 7.53. The van der Waals surface area contributed by atoms with Crippen molar-refractivity contribution in [1.82, 2.24) is 5.32 Å². The Morgan fingerprint density at radius 3 is 2.40 bits per heavy atom. The highest BCUT2D eigenvalue weighted by Gasteiger charge is 2.15. The number of hydrogen-bond donors (Lipinski definition) is 1. The number of rotatable bonds is 5. The molecule has 0 saturated carbocycles. The van der Waals surface area contributed by atoms with Gasteiger partial charge in [0.15, 0.2) is 0 Å². The Labute approximate surface area is 64.0 Å². The lowest BCUT2D eigenvalue weighted by Gasteiger charge is -2.23. The van der Waals surface area contributed by atoms with Crippen molar-refractivity contribution in [1.29, 1.82) is 0 Å². The van der Waals surface area contributed by atoms with Crippen molar-refractivity contribution in [2.75, 3.05) is 27.3 Å². The van der Waals surface area contributed by atoms with Crippen molar-refractivity contribution >= 4 is 0 Å². The van der Waals surface area contributed by atoms with E-state index in [9.17, 15) is 0 Å². The van der Waals surface area contributed by atoms with Gasteiger partial charge in [0.05, 0.1) is 0 Å². The fraction of sp³-hybridized carbons (Fsp3) is 1.00. The van der Waals surface area contributed by atoms with E-state index in [-0.39, 0.29) is 0 Å². The highest BCUT2D eigenvalue weighted by Crippen LogP contribution is 2.17. The van der Waals surface area contributed by atoms with Crippen LogP contribution in [0.3, 0.4) is 0 Å². The Morgan fingerprint density at radius 1 is 1.40 bits per heavy atom. The number of hydrogen-bond acceptors (Lipinski definition) is 2. The van der Waals surface area contributed by atoms with Crippen LogP contribution in [0.4, 0.5) is 0 Å². The van der Waals surface area contributed by atoms with Crippen LogP contribution in [0.5, 0.6) is 0 Å². The first-order chi connectivity index (χ1) is 4.62. The second kappa shape index (κ2) is 4.69. The third-order valence-corrected chi connectivity index (χ3v) is 1.64. The Balaban J connectivity index is 3.42. The summed E-state index contributed by atoms with van der Waals surface area (Å²) in [5.41, 5.74) is 0.366. The van der Waals surface area contributed by atoms with Crippen molar-refractivity contribution in [2.45, 2.75) is 20.3 Å². The fourth-order valence-electron chi connectivity index (χ4n) is 0.945. The maximum atomic E-state index is 5.00. The van der Waals surface area contributed by atoms with Gasteiger partial charge in [0.25, 0.3) is 0 Å². The summed E-state index contributed by atoms with van der Waals surface area (Å²) < 4.78 is 5.00. The van der Waals surface area contributed by atoms with E-state index in [0.717, 1.165) is 19.6 Å². The van der Waals surface area contributed by atoms with Gasteiger partial charge in [-0.3, -0.25) is 0 Å². The SMILES string of the molecule is CNCC(C)(C)CCOC. The molecule has 10 heavy (non-hydrogen) atoms. The van der Waals surface area contributed by atoms with Gasteiger partial charge < -0.3 is 10.1 Å². The predicted molar refractivity (Wildman–Crippen MR) is 44.2 cm³/mol. The maximum Gasteiger partial charge on any atom is 0.0467 e. The highest BCUT2D eigenvalue weighted by atomic mass is 16.5. The molecular weight excluding hydrogens is 126 g/mol. The molecule has 0 heterocycles. The Hall–Kier alpha value is -0.0800. The molecule has 0 bridgehead atoms. The van der Waals surface area contributed by atoms with Crippen molar-refractivity contribution in [2.24, 2.45) is 5.41 Å². The number of methoxy groups -OCH3 is 1. The van der Waals surface area contributed by atoms with E-state index >= 15 is 0 Å². The fourth-order valence-corrected chi connectivity index (χ4v) is 0.945. The summed E-state index contributed by atoms with van der Waals surface area (Å²) in [7, 11) is 3.73. The number of nitrogens with one attached hydrogen (secondary N) is 1. The van der Waals surface area contributed by atoms with E-state index in [1.54, 1.807) is 7.11 Å². The third kappa shape index (κ3) is 4.77. The Bertz CT molecular complexity index is 81.3. The molecule has 2 nitrogen and oxygen atoms in total. The van der Waals surface area contributed by atoms with Gasteiger partial charge in [-0.15, -0.1) is 0 Å². The van der Waals surface area contributed by atoms with E-state index in [0.29, 0.717) is 5.41 Å². The lowest BCUT2D eigenvalue weighted by molar-refractivity contribution is 0.152. The van der Waals surface area contributed by atoms with Crippen LogP contribution in [0.15, 0.2) is 0 Å². The van der Waals surface area contributed by atoms with Gasteiger partial charge in [0, 0.05) is 20.3 Å². The van der Waals surface area contributed by atoms with Gasteiger partial charge in [-0.25, -0.2) is 0 Å². The van der Waals surface area contributed by atoms with Crippen molar-refractivity contribution in [3.05, 3.63) is 0 Å². The molecular formula is C8H19NO. The normalized spacial score (nSPS) is 12.0. The maximum absolute atomic E-state index is 5.00. The largest absolute Gasteiger partial charge is 0.385 e. The first kappa shape index (κ1) is 9.92. The molecule has 0 spiro atoms. The summed E-state index contributed by atoms with van der Waals surface area (Å²) in [6, 6.07) is 0. The van der Waals surface area contributed by atoms with Gasteiger partial charge in [-0.2, -0.15) is 0 Å². The molecule has 0 atom stereocenters. The van der Waals surface area contributed by atoms with Crippen LogP contribution >= 0.6 is 0 Å². The molecule has 0 rings (SSSR count). The van der Waals surface area contributed by atoms with Crippen LogP contribution in [-0.4, -0.2) is 27.3 Å². The molecule has 0 aromatic carbocycles. The Morgan fingerprint density at radius 2 is 2.00 bits per heavy atom. The average Bonchev–Trinajstić information content (AvgIpc) is 1.84. The molecule has 0 aliphatic rings. The quantitative estimate of drug-likeness (QED) is 0.629. The Kier molecular flexibility index (Phi) is 4.65. The number of ether oxygens (including phenoxy) is 1. The van der Waals surface area contributed by atoms with Crippen molar-refractivity contribution < 1.29 is 4.74 Å². The molecule has 0 fully saturated rings. The van der Waals surface area contributed by atoms with Crippen LogP contribution < -0.4 is 5.32 Å². The second-order valence-electron chi connectivity index (χ2n) is 3.44. The summed E-state index contributed by atoms with van der Waals surface area (Å²) in [4.78, 5) is 0. The van der Waals surface area contributed by atoms with Crippen LogP contribution in [-0.2, 0) is 4.74 Å². The minimum absolute atomic E-state index is 0.366. The molecule has 1 N–H and O–H groups in total. The molecule has 0 saturated heterocycles. The van der Waals surface area contributed by atoms with Crippen molar-refractivity contribution in [3.8, 4) is 0 Å². The summed E-state index contributed by atoms with van der Waals surface area (Å²) >= 11 is 0. The van der Waals surface area contributed by atoms with Gasteiger partial charge in [0.1, 0.15) is 0 Å². The predicted octanol–water partition coefficient (Wildman–Crippen LogP) is 1.27. The molecule has 0 aliphatic heterocycles. The van der Waals surface area contributed by atoms with Gasteiger partial charge in [-0.1, -0.05) is 13.8 Å². The van der Waals surface area contributed by atoms with Crippen LogP contribution in [0.25, 0.3) is 0 Å². The van der Waals surface area contributed by atoms with Crippen LogP contribution in [0.1, 0.15) is 20.3 Å². The van der Waals surface area contributed by atoms with Crippen LogP contribution in [0, 0.1) is 5.41 Å². The van der Waals surface area contributed by atoms with E-state index in [4.69, 9.17) is 4.74 Å². The third-order valence-electron chi connectivity index (χ3n) is 1.64. The topological polar surface area (TPSA) is 21.3 Å². The lowest BCUT2D eigenvalue weighted by atomic mass is 9.90. The zero-order chi connectivity index (χ0) is 8.04. The molecule has 0 radical (unpaired) electrons. The molecule has 0 amide bonds. The van der Waals surface area contributed by atoms with E-state index < -0.39 is 0 Å². The highest BCUT2D eigenvalue weighted by molar-refractivity contribution is 4.69. The first-order valence-corrected chi connectivity index (χ1v) is 3.76. The molecule has 0 aliphatic carbocycles. The van der Waals surface area contributed by atoms with Gasteiger partial charge in [-0.05, 0) is 18.9 Å². The second-order valence-corrected chi connectivity index (χ2v) is 3.44.